The van der Waals surface area contributed by atoms with Gasteiger partial charge in [-0.3, -0.25) is 9.88 Å². The number of hydrogen-bond donors (Lipinski definition) is 1. The lowest BCUT2D eigenvalue weighted by Gasteiger charge is -2.21. The lowest BCUT2D eigenvalue weighted by Crippen LogP contribution is -2.25. The third kappa shape index (κ3) is 3.27. The molecule has 1 unspecified atom stereocenters. The van der Waals surface area contributed by atoms with Gasteiger partial charge >= 0.3 is 0 Å². The molecule has 17 heavy (non-hydrogen) atoms. The van der Waals surface area contributed by atoms with Crippen molar-refractivity contribution >= 4 is 0 Å². The zero-order valence-corrected chi connectivity index (χ0v) is 10.8. The first-order valence-corrected chi connectivity index (χ1v) is 6.47. The van der Waals surface area contributed by atoms with Gasteiger partial charge in [0, 0.05) is 25.5 Å². The zero-order chi connectivity index (χ0) is 12.3. The first-order chi connectivity index (χ1) is 8.16. The van der Waals surface area contributed by atoms with Crippen molar-refractivity contribution in [1.29, 1.82) is 0 Å². The number of rotatable bonds is 2. The van der Waals surface area contributed by atoms with Crippen LogP contribution >= 0.6 is 0 Å². The molecule has 3 nitrogen and oxygen atoms in total. The van der Waals surface area contributed by atoms with Crippen LogP contribution in [0.15, 0.2) is 12.4 Å². The highest BCUT2D eigenvalue weighted by molar-refractivity contribution is 5.29. The van der Waals surface area contributed by atoms with Crippen molar-refractivity contribution in [3.05, 3.63) is 29.1 Å². The number of pyridine rings is 1. The quantitative estimate of drug-likeness (QED) is 0.850. The monoisotopic (exact) mass is 234 g/mol. The Morgan fingerprint density at radius 2 is 2.12 bits per heavy atom. The van der Waals surface area contributed by atoms with E-state index in [1.807, 2.05) is 12.4 Å². The van der Waals surface area contributed by atoms with Crippen molar-refractivity contribution in [2.75, 3.05) is 13.1 Å². The van der Waals surface area contributed by atoms with Crippen LogP contribution in [0.2, 0.25) is 0 Å². The molecule has 3 heteroatoms. The number of aromatic nitrogens is 1. The molecule has 1 saturated heterocycles. The van der Waals surface area contributed by atoms with Crippen LogP contribution in [-0.4, -0.2) is 34.2 Å². The van der Waals surface area contributed by atoms with Gasteiger partial charge in [0.05, 0.1) is 6.10 Å². The summed E-state index contributed by atoms with van der Waals surface area (Å²) in [5, 5.41) is 9.63. The fourth-order valence-electron chi connectivity index (χ4n) is 2.38. The summed E-state index contributed by atoms with van der Waals surface area (Å²) in [6.07, 6.45) is 6.74. The Morgan fingerprint density at radius 3 is 2.94 bits per heavy atom. The first kappa shape index (κ1) is 12.5. The van der Waals surface area contributed by atoms with E-state index in [1.165, 1.54) is 16.7 Å². The minimum absolute atomic E-state index is 0.100. The standard InChI is InChI=1S/C14H22N2O/c1-11-8-15-9-13(12(11)2)10-16-6-3-4-14(17)5-7-16/h8-9,14,17H,3-7,10H2,1-2H3. The van der Waals surface area contributed by atoms with Crippen LogP contribution in [0.4, 0.5) is 0 Å². The Morgan fingerprint density at radius 1 is 1.29 bits per heavy atom. The van der Waals surface area contributed by atoms with Crippen LogP contribution in [0.3, 0.4) is 0 Å². The molecule has 1 aliphatic rings. The molecule has 0 aromatic carbocycles. The Labute approximate surface area is 103 Å². The normalized spacial score (nSPS) is 22.4. The summed E-state index contributed by atoms with van der Waals surface area (Å²) < 4.78 is 0. The molecular formula is C14H22N2O. The highest BCUT2D eigenvalue weighted by atomic mass is 16.3. The van der Waals surface area contributed by atoms with E-state index in [0.29, 0.717) is 0 Å². The fraction of sp³-hybridized carbons (Fsp3) is 0.643. The summed E-state index contributed by atoms with van der Waals surface area (Å²) in [6.45, 7) is 7.32. The molecule has 0 bridgehead atoms. The average molecular weight is 234 g/mol. The Hall–Kier alpha value is -0.930. The van der Waals surface area contributed by atoms with Gasteiger partial charge in [-0.2, -0.15) is 0 Å². The number of nitrogens with zero attached hydrogens (tertiary/aromatic N) is 2. The van der Waals surface area contributed by atoms with E-state index in [2.05, 4.69) is 23.7 Å². The number of likely N-dealkylation sites (tertiary alicyclic amines) is 1. The molecule has 0 aliphatic carbocycles. The van der Waals surface area contributed by atoms with Gasteiger partial charge in [-0.05, 0) is 56.3 Å². The van der Waals surface area contributed by atoms with E-state index in [-0.39, 0.29) is 6.10 Å². The molecule has 1 aromatic rings. The van der Waals surface area contributed by atoms with E-state index in [4.69, 9.17) is 0 Å². The van der Waals surface area contributed by atoms with Crippen molar-refractivity contribution < 1.29 is 5.11 Å². The molecule has 94 valence electrons. The van der Waals surface area contributed by atoms with Crippen LogP contribution < -0.4 is 0 Å². The van der Waals surface area contributed by atoms with E-state index in [0.717, 1.165) is 38.9 Å². The maximum atomic E-state index is 9.63. The predicted molar refractivity (Wildman–Crippen MR) is 68.8 cm³/mol. The van der Waals surface area contributed by atoms with Crippen LogP contribution in [-0.2, 0) is 6.54 Å². The topological polar surface area (TPSA) is 36.4 Å². The smallest absolute Gasteiger partial charge is 0.0553 e. The largest absolute Gasteiger partial charge is 0.393 e. The molecule has 1 N–H and O–H groups in total. The second-order valence-electron chi connectivity index (χ2n) is 5.10. The highest BCUT2D eigenvalue weighted by Gasteiger charge is 2.15. The van der Waals surface area contributed by atoms with Crippen molar-refractivity contribution in [3.8, 4) is 0 Å². The maximum Gasteiger partial charge on any atom is 0.0553 e. The third-order valence-electron chi connectivity index (χ3n) is 3.76. The number of aryl methyl sites for hydroxylation is 1. The fourth-order valence-corrected chi connectivity index (χ4v) is 2.38. The number of aliphatic hydroxyl groups is 1. The van der Waals surface area contributed by atoms with Gasteiger partial charge in [-0.15, -0.1) is 0 Å². The first-order valence-electron chi connectivity index (χ1n) is 6.47. The summed E-state index contributed by atoms with van der Waals surface area (Å²) in [7, 11) is 0. The maximum absolute atomic E-state index is 9.63. The molecule has 1 atom stereocenters. The van der Waals surface area contributed by atoms with Crippen LogP contribution in [0, 0.1) is 13.8 Å². The molecule has 1 aromatic heterocycles. The van der Waals surface area contributed by atoms with Crippen LogP contribution in [0.5, 0.6) is 0 Å². The minimum atomic E-state index is -0.100. The summed E-state index contributed by atoms with van der Waals surface area (Å²) in [5.74, 6) is 0. The number of hydrogen-bond acceptors (Lipinski definition) is 3. The Bertz CT molecular complexity index is 378. The second kappa shape index (κ2) is 5.61. The van der Waals surface area contributed by atoms with Crippen LogP contribution in [0.1, 0.15) is 36.0 Å². The molecule has 1 fully saturated rings. The molecular weight excluding hydrogens is 212 g/mol. The summed E-state index contributed by atoms with van der Waals surface area (Å²) in [4.78, 5) is 6.70. The predicted octanol–water partition coefficient (Wildman–Crippen LogP) is 2.05. The van der Waals surface area contributed by atoms with E-state index in [1.54, 1.807) is 0 Å². The Kier molecular flexibility index (Phi) is 4.13. The van der Waals surface area contributed by atoms with Gasteiger partial charge in [-0.25, -0.2) is 0 Å². The molecule has 0 saturated carbocycles. The van der Waals surface area contributed by atoms with Crippen molar-refractivity contribution in [3.63, 3.8) is 0 Å². The summed E-state index contributed by atoms with van der Waals surface area (Å²) in [5.41, 5.74) is 3.93. The zero-order valence-electron chi connectivity index (χ0n) is 10.8. The molecule has 0 radical (unpaired) electrons. The van der Waals surface area contributed by atoms with E-state index < -0.39 is 0 Å². The van der Waals surface area contributed by atoms with Gasteiger partial charge in [0.1, 0.15) is 0 Å². The number of aliphatic hydroxyl groups excluding tert-OH is 1. The van der Waals surface area contributed by atoms with Gasteiger partial charge in [0.25, 0.3) is 0 Å². The van der Waals surface area contributed by atoms with Crippen molar-refractivity contribution in [1.82, 2.24) is 9.88 Å². The Balaban J connectivity index is 2.02. The SMILES string of the molecule is Cc1cncc(CN2CCCC(O)CC2)c1C. The van der Waals surface area contributed by atoms with Gasteiger partial charge in [0.15, 0.2) is 0 Å². The molecule has 2 rings (SSSR count). The van der Waals surface area contributed by atoms with Crippen molar-refractivity contribution in [2.45, 2.75) is 45.8 Å². The highest BCUT2D eigenvalue weighted by Crippen LogP contribution is 2.17. The second-order valence-corrected chi connectivity index (χ2v) is 5.10. The summed E-state index contributed by atoms with van der Waals surface area (Å²) in [6, 6.07) is 0. The molecule has 0 spiro atoms. The lowest BCUT2D eigenvalue weighted by molar-refractivity contribution is 0.154. The average Bonchev–Trinajstić information content (AvgIpc) is 2.50. The summed E-state index contributed by atoms with van der Waals surface area (Å²) >= 11 is 0. The lowest BCUT2D eigenvalue weighted by atomic mass is 10.1. The van der Waals surface area contributed by atoms with E-state index in [9.17, 15) is 5.11 Å². The molecule has 2 heterocycles. The van der Waals surface area contributed by atoms with Crippen LogP contribution in [0.25, 0.3) is 0 Å². The van der Waals surface area contributed by atoms with Gasteiger partial charge in [-0.1, -0.05) is 0 Å². The van der Waals surface area contributed by atoms with Gasteiger partial charge in [0.2, 0.25) is 0 Å². The third-order valence-corrected chi connectivity index (χ3v) is 3.76. The molecule has 0 amide bonds. The molecule has 1 aliphatic heterocycles. The van der Waals surface area contributed by atoms with E-state index >= 15 is 0 Å². The minimum Gasteiger partial charge on any atom is -0.393 e. The van der Waals surface area contributed by atoms with Gasteiger partial charge < -0.3 is 5.11 Å². The van der Waals surface area contributed by atoms with Crippen molar-refractivity contribution in [2.24, 2.45) is 0 Å².